The van der Waals surface area contributed by atoms with Crippen molar-refractivity contribution in [1.29, 1.82) is 0 Å². The third kappa shape index (κ3) is 4.44. The van der Waals surface area contributed by atoms with Crippen molar-refractivity contribution in [3.8, 4) is 0 Å². The third-order valence-electron chi connectivity index (χ3n) is 2.57. The molecule has 0 atom stereocenters. The van der Waals surface area contributed by atoms with E-state index in [1.165, 1.54) is 6.92 Å². The maximum atomic E-state index is 10.9. The van der Waals surface area contributed by atoms with Gasteiger partial charge in [0, 0.05) is 31.4 Å². The van der Waals surface area contributed by atoms with E-state index in [2.05, 4.69) is 17.1 Å². The molecular formula is C13H21N3O. The van der Waals surface area contributed by atoms with E-state index in [0.29, 0.717) is 6.54 Å². The van der Waals surface area contributed by atoms with Crippen LogP contribution in [0.5, 0.6) is 0 Å². The molecule has 0 spiro atoms. The number of carbonyl (C=O) groups is 1. The predicted molar refractivity (Wildman–Crippen MR) is 72.3 cm³/mol. The minimum absolute atomic E-state index is 0.0479. The van der Waals surface area contributed by atoms with Crippen LogP contribution in [0.25, 0.3) is 0 Å². The normalized spacial score (nSPS) is 10.1. The molecule has 94 valence electrons. The van der Waals surface area contributed by atoms with Crippen LogP contribution >= 0.6 is 0 Å². The summed E-state index contributed by atoms with van der Waals surface area (Å²) in [4.78, 5) is 13.2. The molecule has 1 aromatic carbocycles. The first-order valence-electron chi connectivity index (χ1n) is 6.00. The van der Waals surface area contributed by atoms with Crippen LogP contribution in [0.15, 0.2) is 24.3 Å². The Balaban J connectivity index is 2.67. The fourth-order valence-electron chi connectivity index (χ4n) is 1.71. The lowest BCUT2D eigenvalue weighted by Gasteiger charge is -2.23. The van der Waals surface area contributed by atoms with Gasteiger partial charge in [-0.25, -0.2) is 0 Å². The molecule has 0 unspecified atom stereocenters. The van der Waals surface area contributed by atoms with Crippen LogP contribution in [0.3, 0.4) is 0 Å². The van der Waals surface area contributed by atoms with E-state index in [0.717, 1.165) is 30.9 Å². The van der Waals surface area contributed by atoms with Crippen molar-refractivity contribution >= 4 is 17.3 Å². The van der Waals surface area contributed by atoms with Gasteiger partial charge in [-0.15, -0.1) is 0 Å². The first kappa shape index (κ1) is 13.5. The zero-order valence-corrected chi connectivity index (χ0v) is 10.6. The number of nitrogens with one attached hydrogen (secondary N) is 1. The van der Waals surface area contributed by atoms with Gasteiger partial charge in [0.1, 0.15) is 0 Å². The maximum absolute atomic E-state index is 10.9. The van der Waals surface area contributed by atoms with Crippen LogP contribution in [0.2, 0.25) is 0 Å². The maximum Gasteiger partial charge on any atom is 0.221 e. The number of anilines is 2. The molecule has 3 N–H and O–H groups in total. The van der Waals surface area contributed by atoms with Crippen LogP contribution in [0, 0.1) is 0 Å². The van der Waals surface area contributed by atoms with Crippen molar-refractivity contribution in [2.75, 3.05) is 29.9 Å². The fraction of sp³-hybridized carbons (Fsp3) is 0.462. The summed E-state index contributed by atoms with van der Waals surface area (Å²) < 4.78 is 0. The molecule has 1 rings (SSSR count). The molecule has 0 aliphatic heterocycles. The zero-order chi connectivity index (χ0) is 12.7. The van der Waals surface area contributed by atoms with Gasteiger partial charge >= 0.3 is 0 Å². The highest BCUT2D eigenvalue weighted by atomic mass is 16.1. The van der Waals surface area contributed by atoms with E-state index in [-0.39, 0.29) is 5.91 Å². The van der Waals surface area contributed by atoms with Gasteiger partial charge in [0.25, 0.3) is 0 Å². The minimum atomic E-state index is -0.0479. The Kier molecular flexibility index (Phi) is 5.49. The van der Waals surface area contributed by atoms with Gasteiger partial charge in [0.05, 0.1) is 0 Å². The Morgan fingerprint density at radius 3 is 2.47 bits per heavy atom. The molecule has 0 radical (unpaired) electrons. The lowest BCUT2D eigenvalue weighted by molar-refractivity contribution is -0.114. The molecule has 1 amide bonds. The van der Waals surface area contributed by atoms with Crippen LogP contribution in [-0.4, -0.2) is 25.5 Å². The van der Waals surface area contributed by atoms with Crippen LogP contribution in [0.4, 0.5) is 11.4 Å². The Bertz CT molecular complexity index is 348. The van der Waals surface area contributed by atoms with E-state index in [9.17, 15) is 4.79 Å². The third-order valence-corrected chi connectivity index (χ3v) is 2.57. The standard InChI is InChI=1S/C13H21N3O/c1-3-16(10-4-9-14)13-7-5-12(6-8-13)15-11(2)17/h5-8H,3-4,9-10,14H2,1-2H3,(H,15,17). The SMILES string of the molecule is CCN(CCCN)c1ccc(NC(C)=O)cc1. The number of amides is 1. The molecule has 0 aromatic heterocycles. The number of rotatable bonds is 6. The topological polar surface area (TPSA) is 58.4 Å². The van der Waals surface area contributed by atoms with Gasteiger partial charge in [0.2, 0.25) is 5.91 Å². The van der Waals surface area contributed by atoms with Gasteiger partial charge in [-0.2, -0.15) is 0 Å². The second kappa shape index (κ2) is 6.91. The van der Waals surface area contributed by atoms with E-state index in [4.69, 9.17) is 5.73 Å². The van der Waals surface area contributed by atoms with Gasteiger partial charge in [-0.1, -0.05) is 0 Å². The largest absolute Gasteiger partial charge is 0.372 e. The summed E-state index contributed by atoms with van der Waals surface area (Å²) in [5.41, 5.74) is 7.51. The van der Waals surface area contributed by atoms with Crippen LogP contribution in [0.1, 0.15) is 20.3 Å². The Labute approximate surface area is 103 Å². The summed E-state index contributed by atoms with van der Waals surface area (Å²) in [7, 11) is 0. The molecule has 17 heavy (non-hydrogen) atoms. The molecule has 0 aliphatic carbocycles. The predicted octanol–water partition coefficient (Wildman–Crippen LogP) is 1.82. The van der Waals surface area contributed by atoms with Crippen molar-refractivity contribution in [1.82, 2.24) is 0 Å². The lowest BCUT2D eigenvalue weighted by atomic mass is 10.2. The fourth-order valence-corrected chi connectivity index (χ4v) is 1.71. The molecule has 0 saturated carbocycles. The summed E-state index contributed by atoms with van der Waals surface area (Å²) in [5.74, 6) is -0.0479. The quantitative estimate of drug-likeness (QED) is 0.790. The first-order chi connectivity index (χ1) is 8.17. The first-order valence-corrected chi connectivity index (χ1v) is 6.00. The number of nitrogens with two attached hydrogens (primary N) is 1. The van der Waals surface area contributed by atoms with Crippen molar-refractivity contribution < 1.29 is 4.79 Å². The lowest BCUT2D eigenvalue weighted by Crippen LogP contribution is -2.25. The number of hydrogen-bond donors (Lipinski definition) is 2. The summed E-state index contributed by atoms with van der Waals surface area (Å²) in [6.07, 6.45) is 0.987. The van der Waals surface area contributed by atoms with Gasteiger partial charge in [0.15, 0.2) is 0 Å². The number of benzene rings is 1. The Morgan fingerprint density at radius 1 is 1.35 bits per heavy atom. The summed E-state index contributed by atoms with van der Waals surface area (Å²) in [6, 6.07) is 7.88. The van der Waals surface area contributed by atoms with Crippen molar-refractivity contribution in [3.63, 3.8) is 0 Å². The molecule has 0 heterocycles. The zero-order valence-electron chi connectivity index (χ0n) is 10.6. The van der Waals surface area contributed by atoms with Crippen molar-refractivity contribution in [2.24, 2.45) is 5.73 Å². The molecule has 4 nitrogen and oxygen atoms in total. The average molecular weight is 235 g/mol. The molecule has 1 aromatic rings. The molecule has 0 bridgehead atoms. The second-order valence-corrected chi connectivity index (χ2v) is 3.95. The summed E-state index contributed by atoms with van der Waals surface area (Å²) in [5, 5.41) is 2.75. The van der Waals surface area contributed by atoms with Gasteiger partial charge < -0.3 is 16.0 Å². The monoisotopic (exact) mass is 235 g/mol. The van der Waals surface area contributed by atoms with Crippen LogP contribution < -0.4 is 16.0 Å². The highest BCUT2D eigenvalue weighted by molar-refractivity contribution is 5.88. The van der Waals surface area contributed by atoms with Crippen LogP contribution in [-0.2, 0) is 4.79 Å². The van der Waals surface area contributed by atoms with E-state index in [1.54, 1.807) is 0 Å². The van der Waals surface area contributed by atoms with E-state index < -0.39 is 0 Å². The highest BCUT2D eigenvalue weighted by Gasteiger charge is 2.03. The Hall–Kier alpha value is -1.55. The molecule has 4 heteroatoms. The molecule has 0 aliphatic rings. The second-order valence-electron chi connectivity index (χ2n) is 3.95. The number of hydrogen-bond acceptors (Lipinski definition) is 3. The summed E-state index contributed by atoms with van der Waals surface area (Å²) >= 11 is 0. The minimum Gasteiger partial charge on any atom is -0.372 e. The highest BCUT2D eigenvalue weighted by Crippen LogP contribution is 2.17. The average Bonchev–Trinajstić information content (AvgIpc) is 2.31. The molecular weight excluding hydrogens is 214 g/mol. The number of carbonyl (C=O) groups excluding carboxylic acids is 1. The van der Waals surface area contributed by atoms with E-state index in [1.807, 2.05) is 24.3 Å². The van der Waals surface area contributed by atoms with E-state index >= 15 is 0 Å². The molecule has 0 saturated heterocycles. The number of nitrogens with zero attached hydrogens (tertiary/aromatic N) is 1. The molecule has 0 fully saturated rings. The Morgan fingerprint density at radius 2 is 2.00 bits per heavy atom. The smallest absolute Gasteiger partial charge is 0.221 e. The van der Waals surface area contributed by atoms with Gasteiger partial charge in [-0.05, 0) is 44.2 Å². The van der Waals surface area contributed by atoms with Gasteiger partial charge in [-0.3, -0.25) is 4.79 Å². The summed E-state index contributed by atoms with van der Waals surface area (Å²) in [6.45, 7) is 6.26. The van der Waals surface area contributed by atoms with Crippen molar-refractivity contribution in [2.45, 2.75) is 20.3 Å². The van der Waals surface area contributed by atoms with Crippen molar-refractivity contribution in [3.05, 3.63) is 24.3 Å².